The number of ether oxygens (including phenoxy) is 1. The summed E-state index contributed by atoms with van der Waals surface area (Å²) in [4.78, 5) is 12.7. The Morgan fingerprint density at radius 2 is 2.09 bits per heavy atom. The second-order valence-corrected chi connectivity index (χ2v) is 7.75. The molecule has 0 spiro atoms. The van der Waals surface area contributed by atoms with E-state index in [1.165, 1.54) is 12.1 Å². The molecule has 0 aliphatic heterocycles. The number of carbonyl (C=O) groups is 1. The van der Waals surface area contributed by atoms with Gasteiger partial charge >= 0.3 is 0 Å². The van der Waals surface area contributed by atoms with Crippen molar-refractivity contribution in [1.82, 2.24) is 10.7 Å². The second-order valence-electron chi connectivity index (χ2n) is 7.75. The highest BCUT2D eigenvalue weighted by Gasteiger charge is 2.23. The summed E-state index contributed by atoms with van der Waals surface area (Å²) in [6, 6.07) is 5.60. The average molecular weight is 469 g/mol. The van der Waals surface area contributed by atoms with E-state index in [0.29, 0.717) is 12.0 Å². The van der Waals surface area contributed by atoms with Crippen LogP contribution in [0.3, 0.4) is 0 Å². The third-order valence-electron chi connectivity index (χ3n) is 4.74. The second kappa shape index (κ2) is 12.2. The zero-order chi connectivity index (χ0) is 24.4. The van der Waals surface area contributed by atoms with E-state index in [4.69, 9.17) is 4.74 Å². The van der Waals surface area contributed by atoms with Crippen LogP contribution in [0.5, 0.6) is 5.75 Å². The minimum absolute atomic E-state index is 0.0277. The van der Waals surface area contributed by atoms with E-state index in [1.807, 2.05) is 0 Å². The molecule has 0 radical (unpaired) electrons. The quantitative estimate of drug-likeness (QED) is 0.151. The molecule has 33 heavy (non-hydrogen) atoms. The van der Waals surface area contributed by atoms with Crippen LogP contribution in [0.25, 0.3) is 0 Å². The number of hydrogen-bond acceptors (Lipinski definition) is 5. The molecule has 6 nitrogen and oxygen atoms in total. The van der Waals surface area contributed by atoms with Crippen LogP contribution in [0.4, 0.5) is 17.6 Å². The molecule has 0 heterocycles. The van der Waals surface area contributed by atoms with Crippen LogP contribution in [-0.2, 0) is 4.79 Å². The van der Waals surface area contributed by atoms with Gasteiger partial charge in [0, 0.05) is 12.0 Å². The Hall–Kier alpha value is -3.14. The van der Waals surface area contributed by atoms with Crippen molar-refractivity contribution in [3.8, 4) is 5.75 Å². The first-order chi connectivity index (χ1) is 15.7. The van der Waals surface area contributed by atoms with Gasteiger partial charge in [-0.2, -0.15) is 5.10 Å². The Labute approximate surface area is 189 Å². The first-order valence-corrected chi connectivity index (χ1v) is 10.2. The first kappa shape index (κ1) is 26.1. The number of rotatable bonds is 11. The first-order valence-electron chi connectivity index (χ1n) is 10.2. The molecule has 1 aromatic rings. The normalized spacial score (nSPS) is 17.1. The monoisotopic (exact) mass is 469 g/mol. The van der Waals surface area contributed by atoms with Gasteiger partial charge in [-0.15, -0.1) is 0 Å². The summed E-state index contributed by atoms with van der Waals surface area (Å²) >= 11 is 0. The van der Waals surface area contributed by atoms with Crippen molar-refractivity contribution in [3.63, 3.8) is 0 Å². The fourth-order valence-corrected chi connectivity index (χ4v) is 3.09. The molecule has 10 heteroatoms. The van der Waals surface area contributed by atoms with Crippen LogP contribution in [0.1, 0.15) is 32.3 Å². The molecule has 1 aliphatic rings. The third-order valence-corrected chi connectivity index (χ3v) is 4.74. The van der Waals surface area contributed by atoms with Crippen molar-refractivity contribution in [2.75, 3.05) is 13.4 Å². The number of benzene rings is 1. The van der Waals surface area contributed by atoms with E-state index < -0.39 is 37.4 Å². The standard InChI is InChI=1S/C23H27F4N3O3/c1-23(2,32)16-7-9-17(10-8-16)29-22(31)15(12-24)11-19(30-28-14-25)18-5-3-4-6-20(18)33-13-21(26)27/h3-9,12,17,21,28,32H,10-11,13-14H2,1-2H3,(H,29,31)/b15-12+,30-19+. The fraction of sp³-hybridized carbons (Fsp3) is 0.391. The summed E-state index contributed by atoms with van der Waals surface area (Å²) in [5.41, 5.74) is 1.71. The van der Waals surface area contributed by atoms with Gasteiger partial charge < -0.3 is 15.2 Å². The molecule has 0 saturated carbocycles. The maximum absolute atomic E-state index is 13.7. The maximum Gasteiger partial charge on any atom is 0.272 e. The highest BCUT2D eigenvalue weighted by atomic mass is 19.3. The topological polar surface area (TPSA) is 83.0 Å². The molecule has 0 fully saturated rings. The molecular weight excluding hydrogens is 442 g/mol. The van der Waals surface area contributed by atoms with Gasteiger partial charge in [-0.25, -0.2) is 17.6 Å². The van der Waals surface area contributed by atoms with Crippen molar-refractivity contribution in [1.29, 1.82) is 0 Å². The lowest BCUT2D eigenvalue weighted by atomic mass is 9.91. The Kier molecular flexibility index (Phi) is 9.65. The van der Waals surface area contributed by atoms with Crippen molar-refractivity contribution in [2.24, 2.45) is 5.10 Å². The number of hydrazone groups is 1. The summed E-state index contributed by atoms with van der Waals surface area (Å²) in [5, 5.41) is 16.6. The highest BCUT2D eigenvalue weighted by Crippen LogP contribution is 2.24. The van der Waals surface area contributed by atoms with Crippen molar-refractivity contribution in [3.05, 3.63) is 65.5 Å². The Balaban J connectivity index is 2.16. The number of nitrogens with zero attached hydrogens (tertiary/aromatic N) is 1. The molecule has 1 unspecified atom stereocenters. The van der Waals surface area contributed by atoms with Crippen LogP contribution in [0.15, 0.2) is 65.1 Å². The summed E-state index contributed by atoms with van der Waals surface area (Å²) in [6.45, 7) is 1.37. The minimum Gasteiger partial charge on any atom is -0.487 e. The molecule has 180 valence electrons. The van der Waals surface area contributed by atoms with Crippen LogP contribution in [0.2, 0.25) is 0 Å². The van der Waals surface area contributed by atoms with E-state index in [0.717, 1.165) is 0 Å². The largest absolute Gasteiger partial charge is 0.487 e. The number of amides is 1. The summed E-state index contributed by atoms with van der Waals surface area (Å²) < 4.78 is 56.6. The summed E-state index contributed by atoms with van der Waals surface area (Å²) in [6.07, 6.45) is 2.59. The van der Waals surface area contributed by atoms with Gasteiger partial charge in [0.15, 0.2) is 6.80 Å². The van der Waals surface area contributed by atoms with Crippen LogP contribution < -0.4 is 15.5 Å². The van der Waals surface area contributed by atoms with E-state index in [1.54, 1.807) is 44.2 Å². The number of alkyl halides is 3. The zero-order valence-electron chi connectivity index (χ0n) is 18.3. The molecule has 1 atom stereocenters. The van der Waals surface area contributed by atoms with E-state index >= 15 is 0 Å². The lowest BCUT2D eigenvalue weighted by Crippen LogP contribution is -2.36. The lowest BCUT2D eigenvalue weighted by molar-refractivity contribution is -0.118. The molecule has 0 aromatic heterocycles. The number of carbonyl (C=O) groups excluding carboxylic acids is 1. The van der Waals surface area contributed by atoms with E-state index in [9.17, 15) is 27.5 Å². The molecule has 1 aromatic carbocycles. The molecule has 0 saturated heterocycles. The third kappa shape index (κ3) is 8.05. The predicted octanol–water partition coefficient (Wildman–Crippen LogP) is 3.94. The number of halogens is 4. The number of aliphatic hydroxyl groups is 1. The smallest absolute Gasteiger partial charge is 0.272 e. The number of para-hydroxylation sites is 1. The van der Waals surface area contributed by atoms with Gasteiger partial charge in [0.2, 0.25) is 5.91 Å². The Bertz CT molecular complexity index is 937. The lowest BCUT2D eigenvalue weighted by Gasteiger charge is -2.24. The molecule has 1 aliphatic carbocycles. The van der Waals surface area contributed by atoms with Crippen LogP contribution in [-0.4, -0.2) is 48.2 Å². The molecule has 2 rings (SSSR count). The molecule has 1 amide bonds. The predicted molar refractivity (Wildman–Crippen MR) is 117 cm³/mol. The van der Waals surface area contributed by atoms with Crippen LogP contribution in [0, 0.1) is 0 Å². The molecular formula is C23H27F4N3O3. The van der Waals surface area contributed by atoms with Gasteiger partial charge in [0.05, 0.1) is 29.3 Å². The van der Waals surface area contributed by atoms with Gasteiger partial charge in [-0.1, -0.05) is 30.4 Å². The number of hydrogen-bond donors (Lipinski definition) is 3. The molecule has 0 bridgehead atoms. The van der Waals surface area contributed by atoms with Crippen molar-refractivity contribution in [2.45, 2.75) is 44.8 Å². The van der Waals surface area contributed by atoms with Crippen molar-refractivity contribution >= 4 is 11.6 Å². The number of nitrogens with one attached hydrogen (secondary N) is 2. The van der Waals surface area contributed by atoms with Gasteiger partial charge in [-0.05, 0) is 38.0 Å². The van der Waals surface area contributed by atoms with E-state index in [-0.39, 0.29) is 35.3 Å². The highest BCUT2D eigenvalue weighted by molar-refractivity contribution is 6.09. The summed E-state index contributed by atoms with van der Waals surface area (Å²) in [5.74, 6) is -0.679. The average Bonchev–Trinajstić information content (AvgIpc) is 2.78. The van der Waals surface area contributed by atoms with Gasteiger partial charge in [0.1, 0.15) is 12.4 Å². The van der Waals surface area contributed by atoms with E-state index in [2.05, 4.69) is 15.8 Å². The molecule has 3 N–H and O–H groups in total. The Morgan fingerprint density at radius 3 is 2.67 bits per heavy atom. The Morgan fingerprint density at radius 1 is 1.36 bits per heavy atom. The van der Waals surface area contributed by atoms with Crippen LogP contribution >= 0.6 is 0 Å². The fourth-order valence-electron chi connectivity index (χ4n) is 3.09. The minimum atomic E-state index is -2.72. The summed E-state index contributed by atoms with van der Waals surface area (Å²) in [7, 11) is 0. The van der Waals surface area contributed by atoms with Gasteiger partial charge in [-0.3, -0.25) is 10.2 Å². The van der Waals surface area contributed by atoms with Crippen molar-refractivity contribution < 1.29 is 32.2 Å². The van der Waals surface area contributed by atoms with Gasteiger partial charge in [0.25, 0.3) is 6.43 Å². The maximum atomic E-state index is 13.7. The zero-order valence-corrected chi connectivity index (χ0v) is 18.3. The SMILES string of the molecule is CC(C)(O)C1=CCC(NC(=O)/C(=C/F)C/C(=N\NCF)c2ccccc2OCC(F)F)C=C1.